The van der Waals surface area contributed by atoms with Crippen molar-refractivity contribution in [3.63, 3.8) is 0 Å². The van der Waals surface area contributed by atoms with Crippen LogP contribution in [0, 0.1) is 5.82 Å². The fourth-order valence-corrected chi connectivity index (χ4v) is 6.40. The zero-order chi connectivity index (χ0) is 27.8. The standard InChI is InChI=1S/C28H23F4NO5S/c29-22-9-13-26-21(16-22)17-27(37-26)39(35,36)33-14-2-5-24(33)25(34)12-6-18-3-1-4-20(15-18)19-7-10-23(11-8-19)38-28(30,31)32/h1,3-4,7-11,13,15-17,24H,2,5-6,12,14H2/t24-/m0/s1. The summed E-state index contributed by atoms with van der Waals surface area (Å²) in [6.07, 6.45) is -3.40. The van der Waals surface area contributed by atoms with Gasteiger partial charge < -0.3 is 9.15 Å². The van der Waals surface area contributed by atoms with Gasteiger partial charge in [0, 0.05) is 24.4 Å². The molecule has 4 aromatic rings. The van der Waals surface area contributed by atoms with E-state index in [-0.39, 0.29) is 35.2 Å². The maximum atomic E-state index is 13.5. The van der Waals surface area contributed by atoms with Gasteiger partial charge in [-0.25, -0.2) is 12.8 Å². The van der Waals surface area contributed by atoms with Gasteiger partial charge in [-0.05, 0) is 66.3 Å². The monoisotopic (exact) mass is 561 g/mol. The van der Waals surface area contributed by atoms with Gasteiger partial charge in [0.15, 0.2) is 5.78 Å². The molecule has 3 aromatic carbocycles. The van der Waals surface area contributed by atoms with Crippen molar-refractivity contribution in [2.24, 2.45) is 0 Å². The number of hydrogen-bond donors (Lipinski definition) is 0. The van der Waals surface area contributed by atoms with E-state index in [0.717, 1.165) is 15.4 Å². The van der Waals surface area contributed by atoms with Crippen molar-refractivity contribution >= 4 is 26.8 Å². The highest BCUT2D eigenvalue weighted by Crippen LogP contribution is 2.32. The third-order valence-corrected chi connectivity index (χ3v) is 8.37. The normalized spacial score (nSPS) is 16.6. The van der Waals surface area contributed by atoms with Crippen molar-refractivity contribution in [2.75, 3.05) is 6.54 Å². The molecule has 2 heterocycles. The predicted molar refractivity (Wildman–Crippen MR) is 135 cm³/mol. The SMILES string of the molecule is O=C(CCc1cccc(-c2ccc(OC(F)(F)F)cc2)c1)[C@@H]1CCCN1S(=O)(=O)c1cc2cc(F)ccc2o1. The zero-order valence-corrected chi connectivity index (χ0v) is 21.3. The summed E-state index contributed by atoms with van der Waals surface area (Å²) >= 11 is 0. The lowest BCUT2D eigenvalue weighted by molar-refractivity contribution is -0.274. The Kier molecular flexibility index (Phi) is 7.21. The molecule has 1 aliphatic rings. The van der Waals surface area contributed by atoms with E-state index in [1.807, 2.05) is 12.1 Å². The smallest absolute Gasteiger partial charge is 0.443 e. The number of rotatable bonds is 8. The third kappa shape index (κ3) is 5.99. The van der Waals surface area contributed by atoms with Gasteiger partial charge in [-0.3, -0.25) is 4.79 Å². The fourth-order valence-electron chi connectivity index (χ4n) is 4.77. The first-order valence-corrected chi connectivity index (χ1v) is 13.6. The molecular formula is C28H23F4NO5S. The van der Waals surface area contributed by atoms with E-state index in [9.17, 15) is 30.8 Å². The third-order valence-electron chi connectivity index (χ3n) is 6.60. The molecule has 1 fully saturated rings. The highest BCUT2D eigenvalue weighted by molar-refractivity contribution is 7.89. The van der Waals surface area contributed by atoms with Gasteiger partial charge in [0.1, 0.15) is 17.1 Å². The van der Waals surface area contributed by atoms with Crippen LogP contribution in [-0.4, -0.2) is 37.5 Å². The van der Waals surface area contributed by atoms with Gasteiger partial charge in [0.05, 0.1) is 6.04 Å². The number of alkyl halides is 3. The van der Waals surface area contributed by atoms with E-state index in [2.05, 4.69) is 4.74 Å². The minimum absolute atomic E-state index is 0.101. The van der Waals surface area contributed by atoms with Gasteiger partial charge in [-0.1, -0.05) is 36.4 Å². The molecule has 1 atom stereocenters. The molecule has 6 nitrogen and oxygen atoms in total. The fraction of sp³-hybridized carbons (Fsp3) is 0.250. The Bertz CT molecular complexity index is 1610. The maximum Gasteiger partial charge on any atom is 0.573 e. The average Bonchev–Trinajstić information content (AvgIpc) is 3.55. The van der Waals surface area contributed by atoms with Crippen LogP contribution in [0.2, 0.25) is 0 Å². The average molecular weight is 562 g/mol. The Hall–Kier alpha value is -3.70. The van der Waals surface area contributed by atoms with Crippen LogP contribution in [0.25, 0.3) is 22.1 Å². The van der Waals surface area contributed by atoms with Gasteiger partial charge in [0.2, 0.25) is 5.09 Å². The van der Waals surface area contributed by atoms with Crippen LogP contribution in [0.15, 0.2) is 82.3 Å². The first kappa shape index (κ1) is 26.9. The number of carbonyl (C=O) groups excluding carboxylic acids is 1. The van der Waals surface area contributed by atoms with Crippen LogP contribution in [0.4, 0.5) is 17.6 Å². The summed E-state index contributed by atoms with van der Waals surface area (Å²) in [4.78, 5) is 13.1. The van der Waals surface area contributed by atoms with Crippen molar-refractivity contribution in [3.8, 4) is 16.9 Å². The zero-order valence-electron chi connectivity index (χ0n) is 20.4. The van der Waals surface area contributed by atoms with Crippen molar-refractivity contribution in [1.29, 1.82) is 0 Å². The van der Waals surface area contributed by atoms with E-state index in [1.165, 1.54) is 48.5 Å². The number of benzene rings is 3. The first-order chi connectivity index (χ1) is 18.5. The van der Waals surface area contributed by atoms with Gasteiger partial charge in [-0.2, -0.15) is 4.31 Å². The number of sulfonamides is 1. The number of halogens is 4. The van der Waals surface area contributed by atoms with Crippen LogP contribution in [0.1, 0.15) is 24.8 Å². The lowest BCUT2D eigenvalue weighted by atomic mass is 9.98. The Morgan fingerprint density at radius 1 is 1.00 bits per heavy atom. The molecule has 1 aliphatic heterocycles. The molecule has 1 saturated heterocycles. The topological polar surface area (TPSA) is 76.8 Å². The first-order valence-electron chi connectivity index (χ1n) is 12.2. The van der Waals surface area contributed by atoms with Crippen LogP contribution in [0.3, 0.4) is 0 Å². The molecule has 0 bridgehead atoms. The molecule has 0 unspecified atom stereocenters. The molecule has 0 saturated carbocycles. The maximum absolute atomic E-state index is 13.5. The van der Waals surface area contributed by atoms with Crippen LogP contribution >= 0.6 is 0 Å². The Labute approximate surface area is 221 Å². The number of carbonyl (C=O) groups is 1. The predicted octanol–water partition coefficient (Wildman–Crippen LogP) is 6.49. The Morgan fingerprint density at radius 2 is 1.77 bits per heavy atom. The number of aryl methyl sites for hydroxylation is 1. The van der Waals surface area contributed by atoms with E-state index in [1.54, 1.807) is 12.1 Å². The number of hydrogen-bond acceptors (Lipinski definition) is 5. The molecule has 0 amide bonds. The van der Waals surface area contributed by atoms with Gasteiger partial charge in [-0.15, -0.1) is 13.2 Å². The Balaban J connectivity index is 1.26. The number of nitrogens with zero attached hydrogens (tertiary/aromatic N) is 1. The van der Waals surface area contributed by atoms with E-state index < -0.39 is 28.2 Å². The highest BCUT2D eigenvalue weighted by atomic mass is 32.2. The quantitative estimate of drug-likeness (QED) is 0.230. The molecule has 204 valence electrons. The highest BCUT2D eigenvalue weighted by Gasteiger charge is 2.40. The molecule has 0 spiro atoms. The van der Waals surface area contributed by atoms with E-state index in [4.69, 9.17) is 4.42 Å². The summed E-state index contributed by atoms with van der Waals surface area (Å²) in [6, 6.07) is 16.9. The number of furan rings is 1. The second kappa shape index (κ2) is 10.5. The minimum atomic E-state index is -4.77. The molecular weight excluding hydrogens is 538 g/mol. The summed E-state index contributed by atoms with van der Waals surface area (Å²) in [5, 5.41) is -0.0137. The summed E-state index contributed by atoms with van der Waals surface area (Å²) in [5.41, 5.74) is 2.49. The lowest BCUT2D eigenvalue weighted by Crippen LogP contribution is -2.40. The molecule has 0 aliphatic carbocycles. The van der Waals surface area contributed by atoms with E-state index >= 15 is 0 Å². The lowest BCUT2D eigenvalue weighted by Gasteiger charge is -2.21. The van der Waals surface area contributed by atoms with Crippen LogP contribution < -0.4 is 4.74 Å². The molecule has 11 heteroatoms. The van der Waals surface area contributed by atoms with Crippen molar-refractivity contribution in [3.05, 3.63) is 84.2 Å². The summed E-state index contributed by atoms with van der Waals surface area (Å²) in [7, 11) is -4.11. The van der Waals surface area contributed by atoms with Crippen LogP contribution in [-0.2, 0) is 21.2 Å². The molecule has 1 aromatic heterocycles. The van der Waals surface area contributed by atoms with Crippen LogP contribution in [0.5, 0.6) is 5.75 Å². The second-order valence-electron chi connectivity index (χ2n) is 9.26. The van der Waals surface area contributed by atoms with E-state index in [0.29, 0.717) is 30.2 Å². The molecule has 0 N–H and O–H groups in total. The minimum Gasteiger partial charge on any atom is -0.443 e. The van der Waals surface area contributed by atoms with Gasteiger partial charge in [0.25, 0.3) is 10.0 Å². The number of ketones is 1. The van der Waals surface area contributed by atoms with Crippen molar-refractivity contribution in [2.45, 2.75) is 43.2 Å². The Morgan fingerprint density at radius 3 is 2.51 bits per heavy atom. The van der Waals surface area contributed by atoms with Gasteiger partial charge >= 0.3 is 6.36 Å². The summed E-state index contributed by atoms with van der Waals surface area (Å²) < 4.78 is 87.9. The number of fused-ring (bicyclic) bond motifs is 1. The summed E-state index contributed by atoms with van der Waals surface area (Å²) in [6.45, 7) is 0.174. The second-order valence-corrected chi connectivity index (χ2v) is 11.1. The molecule has 39 heavy (non-hydrogen) atoms. The largest absolute Gasteiger partial charge is 0.573 e. The number of Topliss-reactive ketones (excluding diaryl/α,β-unsaturated/α-hetero) is 1. The van der Waals surface area contributed by atoms with Crippen molar-refractivity contribution in [1.82, 2.24) is 4.31 Å². The van der Waals surface area contributed by atoms with Crippen molar-refractivity contribution < 1.29 is 39.9 Å². The number of ether oxygens (including phenoxy) is 1. The summed E-state index contributed by atoms with van der Waals surface area (Å²) in [5.74, 6) is -1.06. The molecule has 5 rings (SSSR count). The molecule has 0 radical (unpaired) electrons.